The number of aryl methyl sites for hydroxylation is 1. The van der Waals surface area contributed by atoms with Gasteiger partial charge in [-0.3, -0.25) is 4.98 Å². The van der Waals surface area contributed by atoms with Gasteiger partial charge in [0, 0.05) is 30.7 Å². The number of carboxylic acid groups (broad SMARTS) is 1. The molecule has 0 bridgehead atoms. The van der Waals surface area contributed by atoms with Crippen molar-refractivity contribution in [3.8, 4) is 5.69 Å². The number of para-hydroxylation sites is 1. The van der Waals surface area contributed by atoms with Crippen LogP contribution < -0.4 is 5.32 Å². The monoisotopic (exact) mass is 476 g/mol. The van der Waals surface area contributed by atoms with Crippen LogP contribution in [0.2, 0.25) is 0 Å². The number of ether oxygens (including phenoxy) is 1. The molecule has 5 rings (SSSR count). The van der Waals surface area contributed by atoms with Crippen LogP contribution in [-0.4, -0.2) is 49.9 Å². The smallest absolute Gasteiger partial charge is 0.337 e. The van der Waals surface area contributed by atoms with Crippen LogP contribution in [0.3, 0.4) is 0 Å². The van der Waals surface area contributed by atoms with Gasteiger partial charge in [-0.05, 0) is 74.8 Å². The Kier molecular flexibility index (Phi) is 6.10. The fraction of sp³-hybridized carbons (Fsp3) is 0.346. The van der Waals surface area contributed by atoms with Gasteiger partial charge in [-0.15, -0.1) is 0 Å². The van der Waals surface area contributed by atoms with E-state index in [4.69, 9.17) is 17.0 Å². The number of aromatic carboxylic acids is 1. The Bertz CT molecular complexity index is 1220. The number of carboxylic acids is 1. The number of aromatic nitrogens is 2. The van der Waals surface area contributed by atoms with Crippen LogP contribution >= 0.6 is 12.2 Å². The number of thiocarbonyl (C=S) groups is 1. The summed E-state index contributed by atoms with van der Waals surface area (Å²) in [6, 6.07) is 14.9. The summed E-state index contributed by atoms with van der Waals surface area (Å²) in [4.78, 5) is 18.8. The molecule has 2 N–H and O–H groups in total. The van der Waals surface area contributed by atoms with E-state index in [2.05, 4.69) is 21.3 Å². The van der Waals surface area contributed by atoms with E-state index in [0.29, 0.717) is 17.3 Å². The maximum absolute atomic E-state index is 11.9. The van der Waals surface area contributed by atoms with Crippen molar-refractivity contribution in [2.24, 2.45) is 0 Å². The highest BCUT2D eigenvalue weighted by molar-refractivity contribution is 7.80. The number of nitrogens with zero attached hydrogens (tertiary/aromatic N) is 3. The van der Waals surface area contributed by atoms with E-state index in [0.717, 1.165) is 42.1 Å². The van der Waals surface area contributed by atoms with Gasteiger partial charge >= 0.3 is 5.97 Å². The van der Waals surface area contributed by atoms with Gasteiger partial charge in [-0.2, -0.15) is 0 Å². The van der Waals surface area contributed by atoms with Crippen molar-refractivity contribution in [2.45, 2.75) is 44.9 Å². The second-order valence-corrected chi connectivity index (χ2v) is 9.28. The molecule has 34 heavy (non-hydrogen) atoms. The molecular formula is C26H28N4O3S. The molecule has 0 amide bonds. The van der Waals surface area contributed by atoms with Crippen molar-refractivity contribution in [2.75, 3.05) is 13.2 Å². The van der Waals surface area contributed by atoms with E-state index < -0.39 is 5.97 Å². The number of pyridine rings is 1. The molecule has 7 nitrogen and oxygen atoms in total. The minimum atomic E-state index is -0.945. The zero-order valence-corrected chi connectivity index (χ0v) is 20.1. The number of nitrogens with one attached hydrogen (secondary N) is 1. The molecule has 2 fully saturated rings. The Hall–Kier alpha value is -3.23. The fourth-order valence-electron chi connectivity index (χ4n) is 5.26. The quantitative estimate of drug-likeness (QED) is 0.513. The van der Waals surface area contributed by atoms with E-state index in [1.54, 1.807) is 18.3 Å². The fourth-order valence-corrected chi connectivity index (χ4v) is 5.57. The first-order chi connectivity index (χ1) is 16.5. The summed E-state index contributed by atoms with van der Waals surface area (Å²) in [5.41, 5.74) is 4.90. The standard InChI is InChI=1S/C26H28N4O3S/c1-16-14-20(17(2)30(16)22-11-4-3-9-19(22)25(31)32)24-23(21-10-5-6-12-27-21)28-26(34)29(24)15-18-8-7-13-33-18/h3-6,9-12,14,18,23-24H,7-8,13,15H2,1-2H3,(H,28,34)(H,31,32)/t18-,23+,24+/m0/s1. The van der Waals surface area contributed by atoms with Crippen molar-refractivity contribution in [1.29, 1.82) is 0 Å². The number of rotatable bonds is 6. The van der Waals surface area contributed by atoms with Crippen molar-refractivity contribution in [1.82, 2.24) is 19.8 Å². The van der Waals surface area contributed by atoms with Crippen molar-refractivity contribution in [3.05, 3.63) is 82.9 Å². The summed E-state index contributed by atoms with van der Waals surface area (Å²) in [6.45, 7) is 5.54. The Balaban J connectivity index is 1.62. The number of benzene rings is 1. The highest BCUT2D eigenvalue weighted by Crippen LogP contribution is 2.42. The minimum Gasteiger partial charge on any atom is -0.478 e. The molecule has 2 aliphatic heterocycles. The third-order valence-corrected chi connectivity index (χ3v) is 7.14. The lowest BCUT2D eigenvalue weighted by atomic mass is 9.96. The molecule has 0 radical (unpaired) electrons. The zero-order valence-electron chi connectivity index (χ0n) is 19.3. The highest BCUT2D eigenvalue weighted by atomic mass is 32.1. The maximum atomic E-state index is 11.9. The lowest BCUT2D eigenvalue weighted by Crippen LogP contribution is -2.36. The molecule has 0 saturated carbocycles. The highest BCUT2D eigenvalue weighted by Gasteiger charge is 2.42. The van der Waals surface area contributed by atoms with Gasteiger partial charge in [0.05, 0.1) is 35.1 Å². The number of hydrogen-bond acceptors (Lipinski definition) is 4. The Morgan fingerprint density at radius 2 is 2.03 bits per heavy atom. The van der Waals surface area contributed by atoms with Gasteiger partial charge in [0.15, 0.2) is 5.11 Å². The van der Waals surface area contributed by atoms with Crippen molar-refractivity contribution < 1.29 is 14.6 Å². The summed E-state index contributed by atoms with van der Waals surface area (Å²) >= 11 is 5.81. The van der Waals surface area contributed by atoms with Gasteiger partial charge < -0.3 is 24.6 Å². The van der Waals surface area contributed by atoms with E-state index in [9.17, 15) is 9.90 Å². The van der Waals surface area contributed by atoms with Crippen LogP contribution in [0.5, 0.6) is 0 Å². The predicted molar refractivity (Wildman–Crippen MR) is 133 cm³/mol. The minimum absolute atomic E-state index is 0.0939. The van der Waals surface area contributed by atoms with Gasteiger partial charge in [-0.25, -0.2) is 4.79 Å². The second-order valence-electron chi connectivity index (χ2n) is 8.90. The Morgan fingerprint density at radius 3 is 2.74 bits per heavy atom. The van der Waals surface area contributed by atoms with Gasteiger partial charge in [0.25, 0.3) is 0 Å². The summed E-state index contributed by atoms with van der Waals surface area (Å²) in [5, 5.41) is 14.0. The van der Waals surface area contributed by atoms with Gasteiger partial charge in [0.1, 0.15) is 0 Å². The Labute approximate surface area is 204 Å². The van der Waals surface area contributed by atoms with Crippen molar-refractivity contribution in [3.63, 3.8) is 0 Å². The summed E-state index contributed by atoms with van der Waals surface area (Å²) in [5.74, 6) is -0.945. The Morgan fingerprint density at radius 1 is 1.24 bits per heavy atom. The van der Waals surface area contributed by atoms with Crippen LogP contribution in [0.1, 0.15) is 57.9 Å². The normalized spacial score (nSPS) is 22.2. The van der Waals surface area contributed by atoms with E-state index in [-0.39, 0.29) is 23.8 Å². The summed E-state index contributed by atoms with van der Waals surface area (Å²) in [6.07, 6.45) is 4.02. The van der Waals surface area contributed by atoms with Gasteiger partial charge in [-0.1, -0.05) is 18.2 Å². The van der Waals surface area contributed by atoms with Gasteiger partial charge in [0.2, 0.25) is 0 Å². The molecule has 2 aliphatic rings. The third kappa shape index (κ3) is 3.97. The average Bonchev–Trinajstić information content (AvgIpc) is 3.53. The lowest BCUT2D eigenvalue weighted by Gasteiger charge is -2.30. The average molecular weight is 477 g/mol. The molecule has 4 heterocycles. The van der Waals surface area contributed by atoms with E-state index >= 15 is 0 Å². The maximum Gasteiger partial charge on any atom is 0.337 e. The van der Waals surface area contributed by atoms with E-state index in [1.807, 2.05) is 48.7 Å². The van der Waals surface area contributed by atoms with Crippen LogP contribution in [0.15, 0.2) is 54.7 Å². The van der Waals surface area contributed by atoms with Crippen LogP contribution in [0.4, 0.5) is 0 Å². The first-order valence-corrected chi connectivity index (χ1v) is 12.0. The molecule has 0 unspecified atom stereocenters. The third-order valence-electron chi connectivity index (χ3n) is 6.79. The van der Waals surface area contributed by atoms with Crippen molar-refractivity contribution >= 4 is 23.3 Å². The van der Waals surface area contributed by atoms with Crippen LogP contribution in [-0.2, 0) is 4.74 Å². The predicted octanol–water partition coefficient (Wildman–Crippen LogP) is 4.34. The van der Waals surface area contributed by atoms with E-state index in [1.165, 1.54) is 0 Å². The topological polar surface area (TPSA) is 79.6 Å². The number of hydrogen-bond donors (Lipinski definition) is 2. The van der Waals surface area contributed by atoms with Crippen LogP contribution in [0, 0.1) is 13.8 Å². The summed E-state index contributed by atoms with van der Waals surface area (Å²) < 4.78 is 7.97. The molecule has 176 valence electrons. The SMILES string of the molecule is Cc1cc([C@@H]2[C@@H](c3ccccn3)NC(=S)N2C[C@@H]2CCCO2)c(C)n1-c1ccccc1C(=O)O. The molecule has 8 heteroatoms. The first-order valence-electron chi connectivity index (χ1n) is 11.6. The molecule has 0 spiro atoms. The first kappa shape index (κ1) is 22.6. The molecule has 1 aromatic carbocycles. The molecule has 3 atom stereocenters. The molecule has 2 aromatic heterocycles. The lowest BCUT2D eigenvalue weighted by molar-refractivity contribution is 0.0697. The van der Waals surface area contributed by atoms with Crippen LogP contribution in [0.25, 0.3) is 5.69 Å². The summed E-state index contributed by atoms with van der Waals surface area (Å²) in [7, 11) is 0. The second kappa shape index (κ2) is 9.19. The number of carbonyl (C=O) groups is 1. The zero-order chi connectivity index (χ0) is 23.8. The molecule has 2 saturated heterocycles. The molecule has 0 aliphatic carbocycles. The molecular weight excluding hydrogens is 448 g/mol. The largest absolute Gasteiger partial charge is 0.478 e. The molecule has 3 aromatic rings.